The highest BCUT2D eigenvalue weighted by Crippen LogP contribution is 2.27. The number of nitrogens with zero attached hydrogens (tertiary/aromatic N) is 2. The Morgan fingerprint density at radius 2 is 2.05 bits per heavy atom. The van der Waals surface area contributed by atoms with Crippen LogP contribution in [0.1, 0.15) is 71.0 Å². The minimum absolute atomic E-state index is 0.457. The Bertz CT molecular complexity index is 362. The van der Waals surface area contributed by atoms with Gasteiger partial charge in [-0.1, -0.05) is 19.8 Å². The Kier molecular flexibility index (Phi) is 5.44. The zero-order valence-corrected chi connectivity index (χ0v) is 12.7. The molecule has 1 aliphatic rings. The Morgan fingerprint density at radius 3 is 2.63 bits per heavy atom. The van der Waals surface area contributed by atoms with E-state index in [-0.39, 0.29) is 0 Å². The van der Waals surface area contributed by atoms with Gasteiger partial charge in [0, 0.05) is 24.8 Å². The van der Waals surface area contributed by atoms with Crippen LogP contribution in [0, 0.1) is 5.92 Å². The first kappa shape index (κ1) is 14.6. The minimum Gasteiger partial charge on any atom is -0.308 e. The van der Waals surface area contributed by atoms with Crippen LogP contribution < -0.4 is 5.32 Å². The van der Waals surface area contributed by atoms with Gasteiger partial charge in [-0.3, -0.25) is 4.68 Å². The molecule has 1 aromatic heterocycles. The zero-order valence-electron chi connectivity index (χ0n) is 12.7. The molecule has 0 aliphatic heterocycles. The third kappa shape index (κ3) is 4.34. The summed E-state index contributed by atoms with van der Waals surface area (Å²) in [6, 6.07) is 3.30. The Balaban J connectivity index is 1.71. The number of rotatable bonds is 6. The summed E-state index contributed by atoms with van der Waals surface area (Å²) in [4.78, 5) is 0. The molecule has 0 unspecified atom stereocenters. The van der Waals surface area contributed by atoms with Gasteiger partial charge in [-0.05, 0) is 51.5 Å². The Hall–Kier alpha value is -0.830. The first-order chi connectivity index (χ1) is 9.19. The van der Waals surface area contributed by atoms with E-state index >= 15 is 0 Å². The van der Waals surface area contributed by atoms with Crippen LogP contribution in [-0.4, -0.2) is 15.8 Å². The SMILES string of the molecule is CCCC1CCC(NCc2ccn(C(C)C)n2)CC1. The van der Waals surface area contributed by atoms with Crippen molar-refractivity contribution in [1.29, 1.82) is 0 Å². The number of aromatic nitrogens is 2. The molecular weight excluding hydrogens is 234 g/mol. The van der Waals surface area contributed by atoms with E-state index in [1.165, 1.54) is 44.2 Å². The van der Waals surface area contributed by atoms with Crippen LogP contribution in [0.3, 0.4) is 0 Å². The van der Waals surface area contributed by atoms with Crippen LogP contribution in [0.25, 0.3) is 0 Å². The fourth-order valence-corrected chi connectivity index (χ4v) is 3.07. The highest BCUT2D eigenvalue weighted by Gasteiger charge is 2.20. The standard InChI is InChI=1S/C16H29N3/c1-4-5-14-6-8-15(9-7-14)17-12-16-10-11-19(18-16)13(2)3/h10-11,13-15,17H,4-9,12H2,1-3H3. The molecular formula is C16H29N3. The van der Waals surface area contributed by atoms with Gasteiger partial charge in [0.15, 0.2) is 0 Å². The monoisotopic (exact) mass is 263 g/mol. The average molecular weight is 263 g/mol. The fourth-order valence-electron chi connectivity index (χ4n) is 3.07. The number of hydrogen-bond donors (Lipinski definition) is 1. The molecule has 2 rings (SSSR count). The summed E-state index contributed by atoms with van der Waals surface area (Å²) in [5.41, 5.74) is 1.17. The smallest absolute Gasteiger partial charge is 0.0762 e. The molecule has 1 fully saturated rings. The van der Waals surface area contributed by atoms with E-state index in [4.69, 9.17) is 0 Å². The second-order valence-electron chi connectivity index (χ2n) is 6.27. The summed E-state index contributed by atoms with van der Waals surface area (Å²) < 4.78 is 2.04. The molecule has 0 saturated heterocycles. The van der Waals surface area contributed by atoms with Gasteiger partial charge >= 0.3 is 0 Å². The summed E-state index contributed by atoms with van der Waals surface area (Å²) in [6.07, 6.45) is 10.4. The van der Waals surface area contributed by atoms with Gasteiger partial charge in [-0.2, -0.15) is 5.10 Å². The van der Waals surface area contributed by atoms with Crippen molar-refractivity contribution in [1.82, 2.24) is 15.1 Å². The average Bonchev–Trinajstić information content (AvgIpc) is 2.87. The molecule has 1 N–H and O–H groups in total. The predicted molar refractivity (Wildman–Crippen MR) is 80.1 cm³/mol. The first-order valence-corrected chi connectivity index (χ1v) is 7.96. The number of nitrogens with one attached hydrogen (secondary N) is 1. The predicted octanol–water partition coefficient (Wildman–Crippen LogP) is 3.91. The van der Waals surface area contributed by atoms with Crippen LogP contribution in [0.15, 0.2) is 12.3 Å². The second kappa shape index (κ2) is 7.09. The van der Waals surface area contributed by atoms with Gasteiger partial charge in [0.25, 0.3) is 0 Å². The third-order valence-corrected chi connectivity index (χ3v) is 4.31. The van der Waals surface area contributed by atoms with Gasteiger partial charge in [-0.25, -0.2) is 0 Å². The topological polar surface area (TPSA) is 29.9 Å². The highest BCUT2D eigenvalue weighted by molar-refractivity contribution is 4.99. The highest BCUT2D eigenvalue weighted by atomic mass is 15.3. The van der Waals surface area contributed by atoms with Crippen LogP contribution in [0.4, 0.5) is 0 Å². The van der Waals surface area contributed by atoms with Crippen molar-refractivity contribution in [2.75, 3.05) is 0 Å². The molecule has 108 valence electrons. The lowest BCUT2D eigenvalue weighted by Gasteiger charge is -2.28. The lowest BCUT2D eigenvalue weighted by molar-refractivity contribution is 0.277. The first-order valence-electron chi connectivity index (χ1n) is 7.96. The molecule has 3 heteroatoms. The van der Waals surface area contributed by atoms with E-state index in [2.05, 4.69) is 43.4 Å². The molecule has 1 aromatic rings. The molecule has 1 heterocycles. The molecule has 19 heavy (non-hydrogen) atoms. The summed E-state index contributed by atoms with van der Waals surface area (Å²) in [7, 11) is 0. The summed E-state index contributed by atoms with van der Waals surface area (Å²) in [5, 5.41) is 8.27. The summed E-state index contributed by atoms with van der Waals surface area (Å²) >= 11 is 0. The van der Waals surface area contributed by atoms with Gasteiger partial charge < -0.3 is 5.32 Å². The molecule has 3 nitrogen and oxygen atoms in total. The van der Waals surface area contributed by atoms with Crippen LogP contribution in [0.2, 0.25) is 0 Å². The maximum absolute atomic E-state index is 4.59. The Morgan fingerprint density at radius 1 is 1.32 bits per heavy atom. The molecule has 0 aromatic carbocycles. The molecule has 0 spiro atoms. The van der Waals surface area contributed by atoms with Crippen molar-refractivity contribution in [3.05, 3.63) is 18.0 Å². The fraction of sp³-hybridized carbons (Fsp3) is 0.812. The van der Waals surface area contributed by atoms with Crippen molar-refractivity contribution in [3.63, 3.8) is 0 Å². The lowest BCUT2D eigenvalue weighted by Crippen LogP contribution is -2.32. The summed E-state index contributed by atoms with van der Waals surface area (Å²) in [5.74, 6) is 0.989. The third-order valence-electron chi connectivity index (χ3n) is 4.31. The quantitative estimate of drug-likeness (QED) is 0.843. The Labute approximate surface area is 117 Å². The maximum Gasteiger partial charge on any atom is 0.0762 e. The minimum atomic E-state index is 0.457. The van der Waals surface area contributed by atoms with Gasteiger partial charge in [0.05, 0.1) is 5.69 Å². The van der Waals surface area contributed by atoms with Crippen molar-refractivity contribution in [2.24, 2.45) is 5.92 Å². The molecule has 0 radical (unpaired) electrons. The normalized spacial score (nSPS) is 24.0. The maximum atomic E-state index is 4.59. The van der Waals surface area contributed by atoms with E-state index in [1.807, 2.05) is 4.68 Å². The van der Waals surface area contributed by atoms with Crippen molar-refractivity contribution >= 4 is 0 Å². The van der Waals surface area contributed by atoms with Gasteiger partial charge in [0.2, 0.25) is 0 Å². The van der Waals surface area contributed by atoms with Crippen molar-refractivity contribution < 1.29 is 0 Å². The van der Waals surface area contributed by atoms with Gasteiger partial charge in [-0.15, -0.1) is 0 Å². The lowest BCUT2D eigenvalue weighted by atomic mass is 9.83. The largest absolute Gasteiger partial charge is 0.308 e. The molecule has 1 saturated carbocycles. The van der Waals surface area contributed by atoms with E-state index < -0.39 is 0 Å². The number of hydrogen-bond acceptors (Lipinski definition) is 2. The zero-order chi connectivity index (χ0) is 13.7. The van der Waals surface area contributed by atoms with E-state index in [1.54, 1.807) is 0 Å². The van der Waals surface area contributed by atoms with Crippen molar-refractivity contribution in [2.45, 2.75) is 77.9 Å². The van der Waals surface area contributed by atoms with E-state index in [0.717, 1.165) is 12.5 Å². The van der Waals surface area contributed by atoms with E-state index in [0.29, 0.717) is 12.1 Å². The van der Waals surface area contributed by atoms with Crippen molar-refractivity contribution in [3.8, 4) is 0 Å². The summed E-state index contributed by atoms with van der Waals surface area (Å²) in [6.45, 7) is 7.55. The van der Waals surface area contributed by atoms with Crippen LogP contribution in [-0.2, 0) is 6.54 Å². The molecule has 0 atom stereocenters. The van der Waals surface area contributed by atoms with Gasteiger partial charge in [0.1, 0.15) is 0 Å². The molecule has 0 amide bonds. The van der Waals surface area contributed by atoms with Crippen LogP contribution >= 0.6 is 0 Å². The second-order valence-corrected chi connectivity index (χ2v) is 6.27. The van der Waals surface area contributed by atoms with E-state index in [9.17, 15) is 0 Å². The molecule has 0 bridgehead atoms. The van der Waals surface area contributed by atoms with Crippen LogP contribution in [0.5, 0.6) is 0 Å². The molecule has 1 aliphatic carbocycles.